The minimum atomic E-state index is -1.25. The zero-order valence-corrected chi connectivity index (χ0v) is 14.5. The third-order valence-electron chi connectivity index (χ3n) is 3.85. The highest BCUT2D eigenvalue weighted by molar-refractivity contribution is 7.85. The van der Waals surface area contributed by atoms with Gasteiger partial charge in [-0.05, 0) is 24.3 Å². The summed E-state index contributed by atoms with van der Waals surface area (Å²) in [6, 6.07) is 14.4. The van der Waals surface area contributed by atoms with Gasteiger partial charge in [-0.15, -0.1) is 0 Å². The number of carbonyl (C=O) groups excluding carboxylic acids is 1. The molecule has 1 aromatic carbocycles. The molecule has 0 spiro atoms. The molecule has 0 aliphatic carbocycles. The third kappa shape index (κ3) is 3.32. The normalized spacial score (nSPS) is 11.8. The van der Waals surface area contributed by atoms with Gasteiger partial charge in [0.15, 0.2) is 0 Å². The number of hydrogen-bond donors (Lipinski definition) is 0. The number of benzene rings is 1. The molecule has 6 heteroatoms. The molecule has 0 aliphatic rings. The van der Waals surface area contributed by atoms with Crippen LogP contribution in [0.15, 0.2) is 59.8 Å². The molecular formula is C19H16N2O3S. The Bertz CT molecular complexity index is 1000. The predicted molar refractivity (Wildman–Crippen MR) is 94.6 cm³/mol. The maximum atomic E-state index is 12.4. The Kier molecular flexibility index (Phi) is 4.96. The van der Waals surface area contributed by atoms with E-state index in [-0.39, 0.29) is 6.61 Å². The molecule has 2 heterocycles. The van der Waals surface area contributed by atoms with Crippen molar-refractivity contribution in [2.45, 2.75) is 18.4 Å². The van der Waals surface area contributed by atoms with Crippen LogP contribution >= 0.6 is 0 Å². The van der Waals surface area contributed by atoms with Gasteiger partial charge in [0.2, 0.25) is 0 Å². The fourth-order valence-electron chi connectivity index (χ4n) is 2.63. The Morgan fingerprint density at radius 3 is 2.76 bits per heavy atom. The second-order valence-corrected chi connectivity index (χ2v) is 7.05. The zero-order valence-electron chi connectivity index (χ0n) is 13.6. The van der Waals surface area contributed by atoms with E-state index < -0.39 is 16.8 Å². The molecule has 1 atom stereocenters. The van der Waals surface area contributed by atoms with Crippen molar-refractivity contribution in [3.05, 3.63) is 71.5 Å². The second kappa shape index (κ2) is 7.32. The lowest BCUT2D eigenvalue weighted by Crippen LogP contribution is -2.10. The lowest BCUT2D eigenvalue weighted by Gasteiger charge is -2.08. The quantitative estimate of drug-likeness (QED) is 0.661. The summed E-state index contributed by atoms with van der Waals surface area (Å²) in [6.45, 7) is 1.78. The van der Waals surface area contributed by atoms with Gasteiger partial charge >= 0.3 is 5.97 Å². The topological polar surface area (TPSA) is 71.6 Å². The van der Waals surface area contributed by atoms with Gasteiger partial charge < -0.3 is 9.14 Å². The lowest BCUT2D eigenvalue weighted by atomic mass is 10.2. The summed E-state index contributed by atoms with van der Waals surface area (Å²) >= 11 is 0. The van der Waals surface area contributed by atoms with Crippen LogP contribution in [0.2, 0.25) is 0 Å². The van der Waals surface area contributed by atoms with Gasteiger partial charge in [-0.25, -0.2) is 4.79 Å². The van der Waals surface area contributed by atoms with E-state index in [9.17, 15) is 14.3 Å². The highest BCUT2D eigenvalue weighted by atomic mass is 32.2. The minimum Gasteiger partial charge on any atom is -0.457 e. The van der Waals surface area contributed by atoms with Crippen molar-refractivity contribution in [2.24, 2.45) is 0 Å². The summed E-state index contributed by atoms with van der Waals surface area (Å²) in [4.78, 5) is 12.9. The number of hydrogen-bond acceptors (Lipinski definition) is 4. The monoisotopic (exact) mass is 352 g/mol. The lowest BCUT2D eigenvalue weighted by molar-refractivity contribution is 0.0468. The molecule has 0 N–H and O–H groups in total. The molecule has 0 aliphatic heterocycles. The van der Waals surface area contributed by atoms with Gasteiger partial charge in [0.25, 0.3) is 0 Å². The molecule has 1 unspecified atom stereocenters. The number of ether oxygens (including phenoxy) is 1. The number of pyridine rings is 1. The summed E-state index contributed by atoms with van der Waals surface area (Å²) in [7, 11) is -1.25. The second-order valence-electron chi connectivity index (χ2n) is 5.34. The van der Waals surface area contributed by atoms with Gasteiger partial charge in [0, 0.05) is 23.7 Å². The van der Waals surface area contributed by atoms with Gasteiger partial charge in [0.05, 0.1) is 32.3 Å². The van der Waals surface area contributed by atoms with Crippen LogP contribution < -0.4 is 0 Å². The number of nitriles is 1. The molecule has 0 amide bonds. The highest BCUT2D eigenvalue weighted by Crippen LogP contribution is 2.20. The van der Waals surface area contributed by atoms with Crippen molar-refractivity contribution in [3.8, 4) is 6.07 Å². The Morgan fingerprint density at radius 1 is 1.24 bits per heavy atom. The number of fused-ring (bicyclic) bond motifs is 1. The minimum absolute atomic E-state index is 0.0174. The SMILES string of the molecule is CCS(=O)c1ccccc1C(=O)OCc1cn2ccccc2c1C#N. The largest absolute Gasteiger partial charge is 0.457 e. The Balaban J connectivity index is 1.85. The molecule has 126 valence electrons. The maximum Gasteiger partial charge on any atom is 0.339 e. The predicted octanol–water partition coefficient (Wildman–Crippen LogP) is 3.30. The van der Waals surface area contributed by atoms with Gasteiger partial charge in [-0.3, -0.25) is 4.21 Å². The molecule has 0 saturated carbocycles. The van der Waals surface area contributed by atoms with E-state index in [1.54, 1.807) is 37.4 Å². The fraction of sp³-hybridized carbons (Fsp3) is 0.158. The summed E-state index contributed by atoms with van der Waals surface area (Å²) in [5, 5.41) is 9.39. The third-order valence-corrected chi connectivity index (χ3v) is 5.22. The van der Waals surface area contributed by atoms with Crippen LogP contribution in [0.5, 0.6) is 0 Å². The van der Waals surface area contributed by atoms with E-state index in [1.807, 2.05) is 28.8 Å². The molecule has 5 nitrogen and oxygen atoms in total. The number of carbonyl (C=O) groups is 1. The smallest absolute Gasteiger partial charge is 0.339 e. The molecule has 0 radical (unpaired) electrons. The standard InChI is InChI=1S/C19H16N2O3S/c1-2-25(23)18-9-4-3-7-15(18)19(22)24-13-14-12-21-10-6-5-8-17(21)16(14)11-20/h3-10,12H,2,13H2,1H3. The first-order chi connectivity index (χ1) is 12.2. The van der Waals surface area contributed by atoms with Gasteiger partial charge in [-0.2, -0.15) is 5.26 Å². The van der Waals surface area contributed by atoms with E-state index in [4.69, 9.17) is 4.74 Å². The fourth-order valence-corrected chi connectivity index (χ4v) is 3.56. The zero-order chi connectivity index (χ0) is 17.8. The van der Waals surface area contributed by atoms with Crippen molar-refractivity contribution in [3.63, 3.8) is 0 Å². The first kappa shape index (κ1) is 16.9. The van der Waals surface area contributed by atoms with Crippen LogP contribution in [0.1, 0.15) is 28.4 Å². The summed E-state index contributed by atoms with van der Waals surface area (Å²) in [5.41, 5.74) is 2.18. The maximum absolute atomic E-state index is 12.4. The van der Waals surface area contributed by atoms with Crippen LogP contribution in [-0.4, -0.2) is 20.3 Å². The van der Waals surface area contributed by atoms with Gasteiger partial charge in [0.1, 0.15) is 12.7 Å². The first-order valence-corrected chi connectivity index (χ1v) is 9.10. The molecule has 3 rings (SSSR count). The van der Waals surface area contributed by atoms with E-state index in [2.05, 4.69) is 6.07 Å². The summed E-state index contributed by atoms with van der Waals surface area (Å²) < 4.78 is 19.3. The van der Waals surface area contributed by atoms with Crippen LogP contribution in [0.3, 0.4) is 0 Å². The number of nitrogens with zero attached hydrogens (tertiary/aromatic N) is 2. The van der Waals surface area contributed by atoms with Crippen molar-refractivity contribution in [2.75, 3.05) is 5.75 Å². The molecular weight excluding hydrogens is 336 g/mol. The Labute approximate surface area is 147 Å². The average molecular weight is 352 g/mol. The van der Waals surface area contributed by atoms with Crippen LogP contribution in [0.4, 0.5) is 0 Å². The van der Waals surface area contributed by atoms with E-state index in [0.717, 1.165) is 5.52 Å². The molecule has 0 saturated heterocycles. The molecule has 2 aromatic heterocycles. The Hall–Kier alpha value is -2.91. The van der Waals surface area contributed by atoms with Crippen molar-refractivity contribution in [1.29, 1.82) is 5.26 Å². The summed E-state index contributed by atoms with van der Waals surface area (Å²) in [5.74, 6) is -0.121. The summed E-state index contributed by atoms with van der Waals surface area (Å²) in [6.07, 6.45) is 3.61. The number of aromatic nitrogens is 1. The van der Waals surface area contributed by atoms with Crippen molar-refractivity contribution in [1.82, 2.24) is 4.40 Å². The molecule has 0 bridgehead atoms. The van der Waals surface area contributed by atoms with E-state index in [0.29, 0.717) is 27.3 Å². The van der Waals surface area contributed by atoms with E-state index in [1.165, 1.54) is 0 Å². The first-order valence-electron chi connectivity index (χ1n) is 7.79. The molecule has 25 heavy (non-hydrogen) atoms. The van der Waals surface area contributed by atoms with Crippen LogP contribution in [0.25, 0.3) is 5.52 Å². The van der Waals surface area contributed by atoms with Crippen molar-refractivity contribution >= 4 is 22.3 Å². The van der Waals surface area contributed by atoms with Crippen LogP contribution in [-0.2, 0) is 22.1 Å². The number of rotatable bonds is 5. The van der Waals surface area contributed by atoms with Crippen molar-refractivity contribution < 1.29 is 13.7 Å². The van der Waals surface area contributed by atoms with E-state index >= 15 is 0 Å². The van der Waals surface area contributed by atoms with Gasteiger partial charge in [-0.1, -0.05) is 25.1 Å². The molecule has 0 fully saturated rings. The average Bonchev–Trinajstić information content (AvgIpc) is 3.02. The Morgan fingerprint density at radius 2 is 2.00 bits per heavy atom. The highest BCUT2D eigenvalue weighted by Gasteiger charge is 2.17. The molecule has 3 aromatic rings. The number of esters is 1. The van der Waals surface area contributed by atoms with Crippen LogP contribution in [0, 0.1) is 11.3 Å².